The fraction of sp³-hybridized carbons (Fsp3) is 0.857. The average molecular weight is 175 g/mol. The second-order valence-electron chi connectivity index (χ2n) is 3.28. The Morgan fingerprint density at radius 2 is 2.09 bits per heavy atom. The molecule has 0 fully saturated rings. The van der Waals surface area contributed by atoms with Gasteiger partial charge in [-0.1, -0.05) is 19.8 Å². The molecule has 3 nitrogen and oxygen atoms in total. The molecule has 2 N–H and O–H groups in total. The molecule has 0 aromatic carbocycles. The molecule has 1 amide bonds. The minimum Gasteiger partial charge on any atom is -0.504 e. The van der Waals surface area contributed by atoms with E-state index in [0.29, 0.717) is 0 Å². The van der Waals surface area contributed by atoms with E-state index in [1.165, 1.54) is 0 Å². The Balaban J connectivity index is 3.70. The molecule has 11 heavy (non-hydrogen) atoms. The molecule has 0 aliphatic carbocycles. The predicted octanol–water partition coefficient (Wildman–Crippen LogP) is 2.09. The van der Waals surface area contributed by atoms with Crippen molar-refractivity contribution in [2.24, 2.45) is 5.73 Å². The molecule has 0 bridgehead atoms. The van der Waals surface area contributed by atoms with Crippen molar-refractivity contribution in [2.75, 3.05) is 0 Å². The molecule has 0 spiro atoms. The van der Waals surface area contributed by atoms with Crippen LogP contribution >= 0.6 is 0 Å². The highest BCUT2D eigenvalue weighted by molar-refractivity contribution is 6.72. The van der Waals surface area contributed by atoms with E-state index in [0.717, 1.165) is 18.9 Å². The van der Waals surface area contributed by atoms with Gasteiger partial charge in [0.15, 0.2) is 0 Å². The summed E-state index contributed by atoms with van der Waals surface area (Å²) in [6.45, 7) is 6.13. The molecular weight excluding hydrogens is 158 g/mol. The molecule has 0 aromatic rings. The molecule has 0 aromatic heterocycles. The molecule has 0 rings (SSSR count). The standard InChI is InChI=1S/C7H17NO2Si/c1-4-5-6-11(2,3)10-7(8)9/h4-6H2,1-3H3,(H2,8,9). The van der Waals surface area contributed by atoms with Crippen molar-refractivity contribution in [3.05, 3.63) is 0 Å². The minimum absolute atomic E-state index is 0.627. The van der Waals surface area contributed by atoms with Crippen molar-refractivity contribution in [3.8, 4) is 0 Å². The quantitative estimate of drug-likeness (QED) is 0.665. The van der Waals surface area contributed by atoms with Gasteiger partial charge < -0.3 is 10.2 Å². The molecule has 0 aliphatic heterocycles. The summed E-state index contributed by atoms with van der Waals surface area (Å²) in [5.74, 6) is 0. The Bertz CT molecular complexity index is 136. The van der Waals surface area contributed by atoms with Crippen molar-refractivity contribution >= 4 is 14.4 Å². The number of hydrogen-bond acceptors (Lipinski definition) is 2. The number of hydrogen-bond donors (Lipinski definition) is 1. The van der Waals surface area contributed by atoms with Gasteiger partial charge in [0.1, 0.15) is 0 Å². The summed E-state index contributed by atoms with van der Waals surface area (Å²) >= 11 is 0. The van der Waals surface area contributed by atoms with Crippen LogP contribution in [0.4, 0.5) is 4.79 Å². The van der Waals surface area contributed by atoms with Gasteiger partial charge in [0.25, 0.3) is 8.32 Å². The highest BCUT2D eigenvalue weighted by atomic mass is 28.4. The van der Waals surface area contributed by atoms with Gasteiger partial charge in [-0.05, 0) is 19.1 Å². The number of unbranched alkanes of at least 4 members (excludes halogenated alkanes) is 1. The van der Waals surface area contributed by atoms with Gasteiger partial charge in [0.2, 0.25) is 0 Å². The highest BCUT2D eigenvalue weighted by Crippen LogP contribution is 2.14. The summed E-state index contributed by atoms with van der Waals surface area (Å²) in [4.78, 5) is 10.4. The van der Waals surface area contributed by atoms with Crippen LogP contribution in [0.5, 0.6) is 0 Å². The third-order valence-electron chi connectivity index (χ3n) is 1.51. The van der Waals surface area contributed by atoms with Crippen LogP contribution in [0.15, 0.2) is 0 Å². The SMILES string of the molecule is CCCC[Si](C)(C)OC(N)=O. The Morgan fingerprint density at radius 3 is 2.45 bits per heavy atom. The topological polar surface area (TPSA) is 52.3 Å². The molecule has 0 heterocycles. The zero-order chi connectivity index (χ0) is 8.91. The molecule has 0 atom stereocenters. The third-order valence-corrected chi connectivity index (χ3v) is 3.82. The number of carbonyl (C=O) groups excluding carboxylic acids is 1. The van der Waals surface area contributed by atoms with Crippen LogP contribution in [0.3, 0.4) is 0 Å². The average Bonchev–Trinajstić information content (AvgIpc) is 1.81. The van der Waals surface area contributed by atoms with Crippen LogP contribution in [0.1, 0.15) is 19.8 Å². The van der Waals surface area contributed by atoms with Crippen LogP contribution in [-0.4, -0.2) is 14.4 Å². The lowest BCUT2D eigenvalue weighted by Gasteiger charge is -2.20. The molecule has 66 valence electrons. The maximum atomic E-state index is 10.4. The fourth-order valence-electron chi connectivity index (χ4n) is 0.926. The van der Waals surface area contributed by atoms with E-state index in [1.54, 1.807) is 0 Å². The summed E-state index contributed by atoms with van der Waals surface area (Å²) in [6.07, 6.45) is 1.63. The van der Waals surface area contributed by atoms with E-state index < -0.39 is 14.4 Å². The minimum atomic E-state index is -1.76. The number of primary amides is 1. The van der Waals surface area contributed by atoms with E-state index in [-0.39, 0.29) is 0 Å². The first-order valence-corrected chi connectivity index (χ1v) is 7.08. The van der Waals surface area contributed by atoms with Gasteiger partial charge in [-0.15, -0.1) is 0 Å². The van der Waals surface area contributed by atoms with Crippen molar-refractivity contribution in [3.63, 3.8) is 0 Å². The zero-order valence-electron chi connectivity index (χ0n) is 7.52. The molecule has 4 heteroatoms. The van der Waals surface area contributed by atoms with Crippen molar-refractivity contribution in [1.29, 1.82) is 0 Å². The molecule has 0 unspecified atom stereocenters. The van der Waals surface area contributed by atoms with Gasteiger partial charge in [0.05, 0.1) is 0 Å². The van der Waals surface area contributed by atoms with Crippen molar-refractivity contribution in [2.45, 2.75) is 38.9 Å². The van der Waals surface area contributed by atoms with E-state index >= 15 is 0 Å². The smallest absolute Gasteiger partial charge is 0.390 e. The lowest BCUT2D eigenvalue weighted by molar-refractivity contribution is 0.208. The van der Waals surface area contributed by atoms with Gasteiger partial charge >= 0.3 is 6.09 Å². The van der Waals surface area contributed by atoms with Gasteiger partial charge in [-0.2, -0.15) is 0 Å². The van der Waals surface area contributed by atoms with Gasteiger partial charge in [0, 0.05) is 0 Å². The Kier molecular flexibility index (Phi) is 4.18. The molecule has 0 radical (unpaired) electrons. The lowest BCUT2D eigenvalue weighted by Crippen LogP contribution is -2.35. The van der Waals surface area contributed by atoms with Crippen molar-refractivity contribution in [1.82, 2.24) is 0 Å². The Labute approximate surface area is 69.0 Å². The Hall–Kier alpha value is -0.513. The summed E-state index contributed by atoms with van der Waals surface area (Å²) in [5, 5.41) is 0. The first-order chi connectivity index (χ1) is 4.98. The number of carbonyl (C=O) groups is 1. The monoisotopic (exact) mass is 175 g/mol. The van der Waals surface area contributed by atoms with Crippen LogP contribution in [0, 0.1) is 0 Å². The largest absolute Gasteiger partial charge is 0.504 e. The molecule has 0 saturated carbocycles. The second-order valence-corrected chi connectivity index (χ2v) is 7.51. The molecular formula is C7H17NO2Si. The predicted molar refractivity (Wildman–Crippen MR) is 47.9 cm³/mol. The van der Waals surface area contributed by atoms with Gasteiger partial charge in [-0.3, -0.25) is 0 Å². The number of rotatable bonds is 4. The second kappa shape index (κ2) is 4.38. The lowest BCUT2D eigenvalue weighted by atomic mass is 10.4. The molecule has 0 aliphatic rings. The van der Waals surface area contributed by atoms with E-state index in [9.17, 15) is 4.79 Å². The normalized spacial score (nSPS) is 11.2. The maximum Gasteiger partial charge on any atom is 0.390 e. The van der Waals surface area contributed by atoms with Crippen LogP contribution in [-0.2, 0) is 4.43 Å². The third kappa shape index (κ3) is 5.91. The van der Waals surface area contributed by atoms with Crippen LogP contribution in [0.2, 0.25) is 19.1 Å². The van der Waals surface area contributed by atoms with Crippen LogP contribution < -0.4 is 5.73 Å². The summed E-state index contributed by atoms with van der Waals surface area (Å²) in [7, 11) is -1.76. The molecule has 0 saturated heterocycles. The van der Waals surface area contributed by atoms with Crippen LogP contribution in [0.25, 0.3) is 0 Å². The zero-order valence-corrected chi connectivity index (χ0v) is 8.52. The summed E-state index contributed by atoms with van der Waals surface area (Å²) in [5.41, 5.74) is 4.92. The summed E-state index contributed by atoms with van der Waals surface area (Å²) in [6, 6.07) is 1.01. The highest BCUT2D eigenvalue weighted by Gasteiger charge is 2.24. The van der Waals surface area contributed by atoms with E-state index in [4.69, 9.17) is 10.2 Å². The summed E-state index contributed by atoms with van der Waals surface area (Å²) < 4.78 is 5.02. The number of amides is 1. The van der Waals surface area contributed by atoms with Crippen molar-refractivity contribution < 1.29 is 9.22 Å². The fourth-order valence-corrected chi connectivity index (χ4v) is 2.78. The maximum absolute atomic E-state index is 10.4. The van der Waals surface area contributed by atoms with Gasteiger partial charge in [-0.25, -0.2) is 4.79 Å². The first kappa shape index (κ1) is 10.5. The van der Waals surface area contributed by atoms with E-state index in [1.807, 2.05) is 13.1 Å². The Morgan fingerprint density at radius 1 is 1.55 bits per heavy atom. The van der Waals surface area contributed by atoms with E-state index in [2.05, 4.69) is 6.92 Å². The number of nitrogens with two attached hydrogens (primary N) is 1. The first-order valence-electron chi connectivity index (χ1n) is 3.96.